The fourth-order valence-electron chi connectivity index (χ4n) is 0.601. The lowest BCUT2D eigenvalue weighted by molar-refractivity contribution is -0.125. The van der Waals surface area contributed by atoms with E-state index in [1.54, 1.807) is 6.92 Å². The van der Waals surface area contributed by atoms with Crippen LogP contribution in [0.4, 0.5) is 0 Å². The minimum Gasteiger partial charge on any atom is -0.355 e. The van der Waals surface area contributed by atoms with Crippen molar-refractivity contribution in [1.29, 1.82) is 0 Å². The molecule has 0 saturated carbocycles. The molecular weight excluding hydrogens is 140 g/mol. The fourth-order valence-corrected chi connectivity index (χ4v) is 0.601. The second-order valence-corrected chi connectivity index (χ2v) is 3.03. The summed E-state index contributed by atoms with van der Waals surface area (Å²) in [6, 6.07) is 0. The van der Waals surface area contributed by atoms with E-state index < -0.39 is 5.54 Å². The van der Waals surface area contributed by atoms with Gasteiger partial charge in [-0.1, -0.05) is 13.8 Å². The van der Waals surface area contributed by atoms with Crippen LogP contribution in [0, 0.1) is 0 Å². The van der Waals surface area contributed by atoms with Crippen molar-refractivity contribution in [2.45, 2.75) is 39.2 Å². The van der Waals surface area contributed by atoms with E-state index in [1.807, 2.05) is 13.8 Å². The molecule has 0 bridgehead atoms. The van der Waals surface area contributed by atoms with E-state index >= 15 is 0 Å². The lowest BCUT2D eigenvalue weighted by atomic mass is 10.00. The normalized spacial score (nSPS) is 15.6. The molecule has 0 aliphatic heterocycles. The van der Waals surface area contributed by atoms with Crippen LogP contribution in [0.1, 0.15) is 33.6 Å². The predicted octanol–water partition coefficient (Wildman–Crippen LogP) is 0.640. The fraction of sp³-hybridized carbons (Fsp3) is 0.875. The Kier molecular flexibility index (Phi) is 4.11. The largest absolute Gasteiger partial charge is 0.355 e. The van der Waals surface area contributed by atoms with Crippen LogP contribution in [-0.2, 0) is 4.79 Å². The van der Waals surface area contributed by atoms with Gasteiger partial charge in [-0.05, 0) is 19.8 Å². The maximum atomic E-state index is 11.2. The van der Waals surface area contributed by atoms with Crippen molar-refractivity contribution in [3.05, 3.63) is 0 Å². The Morgan fingerprint density at radius 3 is 2.45 bits per heavy atom. The first-order valence-corrected chi connectivity index (χ1v) is 4.11. The summed E-state index contributed by atoms with van der Waals surface area (Å²) in [7, 11) is 0. The maximum absolute atomic E-state index is 11.2. The summed E-state index contributed by atoms with van der Waals surface area (Å²) in [6.07, 6.45) is 1.62. The first-order valence-electron chi connectivity index (χ1n) is 4.11. The predicted molar refractivity (Wildman–Crippen MR) is 46.2 cm³/mol. The van der Waals surface area contributed by atoms with E-state index in [1.165, 1.54) is 0 Å². The lowest BCUT2D eigenvalue weighted by Gasteiger charge is -2.21. The van der Waals surface area contributed by atoms with E-state index in [-0.39, 0.29) is 5.91 Å². The van der Waals surface area contributed by atoms with Crippen LogP contribution in [-0.4, -0.2) is 18.0 Å². The van der Waals surface area contributed by atoms with E-state index in [0.717, 1.165) is 6.42 Å². The molecule has 0 aliphatic carbocycles. The van der Waals surface area contributed by atoms with Crippen molar-refractivity contribution in [3.63, 3.8) is 0 Å². The van der Waals surface area contributed by atoms with Crippen LogP contribution in [0.5, 0.6) is 0 Å². The van der Waals surface area contributed by atoms with E-state index in [9.17, 15) is 4.79 Å². The van der Waals surface area contributed by atoms with Crippen LogP contribution in [0.2, 0.25) is 0 Å². The van der Waals surface area contributed by atoms with Crippen LogP contribution >= 0.6 is 0 Å². The second kappa shape index (κ2) is 4.34. The van der Waals surface area contributed by atoms with Crippen LogP contribution < -0.4 is 11.1 Å². The molecule has 0 aromatic rings. The summed E-state index contributed by atoms with van der Waals surface area (Å²) in [4.78, 5) is 11.2. The molecule has 0 fully saturated rings. The summed E-state index contributed by atoms with van der Waals surface area (Å²) in [5.41, 5.74) is 4.99. The minimum absolute atomic E-state index is 0.0538. The minimum atomic E-state index is -0.699. The van der Waals surface area contributed by atoms with Gasteiger partial charge in [-0.25, -0.2) is 0 Å². The van der Waals surface area contributed by atoms with Gasteiger partial charge in [0, 0.05) is 6.54 Å². The number of carbonyl (C=O) groups excluding carboxylic acids is 1. The monoisotopic (exact) mass is 158 g/mol. The summed E-state index contributed by atoms with van der Waals surface area (Å²) < 4.78 is 0. The van der Waals surface area contributed by atoms with Crippen LogP contribution in [0.3, 0.4) is 0 Å². The maximum Gasteiger partial charge on any atom is 0.239 e. The zero-order chi connectivity index (χ0) is 8.91. The highest BCUT2D eigenvalue weighted by molar-refractivity contribution is 5.85. The molecule has 3 N–H and O–H groups in total. The Morgan fingerprint density at radius 1 is 1.55 bits per heavy atom. The zero-order valence-corrected chi connectivity index (χ0v) is 7.61. The molecule has 1 unspecified atom stereocenters. The van der Waals surface area contributed by atoms with Crippen molar-refractivity contribution in [2.75, 3.05) is 6.54 Å². The third-order valence-corrected chi connectivity index (χ3v) is 1.79. The van der Waals surface area contributed by atoms with Crippen molar-refractivity contribution in [2.24, 2.45) is 5.73 Å². The number of amides is 1. The molecule has 11 heavy (non-hydrogen) atoms. The van der Waals surface area contributed by atoms with Gasteiger partial charge in [0.25, 0.3) is 0 Å². The summed E-state index contributed by atoms with van der Waals surface area (Å²) >= 11 is 0. The Balaban J connectivity index is 3.82. The lowest BCUT2D eigenvalue weighted by Crippen LogP contribution is -2.51. The van der Waals surface area contributed by atoms with Gasteiger partial charge >= 0.3 is 0 Å². The summed E-state index contributed by atoms with van der Waals surface area (Å²) in [5, 5.41) is 2.76. The summed E-state index contributed by atoms with van der Waals surface area (Å²) in [5.74, 6) is -0.0538. The molecule has 0 aromatic carbocycles. The van der Waals surface area contributed by atoms with E-state index in [0.29, 0.717) is 13.0 Å². The Morgan fingerprint density at radius 2 is 2.09 bits per heavy atom. The first-order chi connectivity index (χ1) is 5.04. The van der Waals surface area contributed by atoms with Gasteiger partial charge in [-0.3, -0.25) is 4.79 Å². The third kappa shape index (κ3) is 3.37. The van der Waals surface area contributed by atoms with Crippen LogP contribution in [0.25, 0.3) is 0 Å². The Hall–Kier alpha value is -0.570. The van der Waals surface area contributed by atoms with Gasteiger partial charge in [0.2, 0.25) is 5.91 Å². The smallest absolute Gasteiger partial charge is 0.239 e. The molecule has 0 aliphatic rings. The van der Waals surface area contributed by atoms with Crippen molar-refractivity contribution >= 4 is 5.91 Å². The summed E-state index contributed by atoms with van der Waals surface area (Å²) in [6.45, 7) is 6.38. The van der Waals surface area contributed by atoms with Gasteiger partial charge in [0.05, 0.1) is 5.54 Å². The number of rotatable bonds is 4. The molecule has 1 amide bonds. The molecule has 66 valence electrons. The molecule has 0 aromatic heterocycles. The number of hydrogen-bond donors (Lipinski definition) is 2. The van der Waals surface area contributed by atoms with Gasteiger partial charge in [0.1, 0.15) is 0 Å². The van der Waals surface area contributed by atoms with Gasteiger partial charge in [-0.2, -0.15) is 0 Å². The molecule has 0 radical (unpaired) electrons. The average molecular weight is 158 g/mol. The second-order valence-electron chi connectivity index (χ2n) is 3.03. The number of nitrogens with one attached hydrogen (secondary N) is 1. The topological polar surface area (TPSA) is 55.1 Å². The van der Waals surface area contributed by atoms with Crippen molar-refractivity contribution in [1.82, 2.24) is 5.32 Å². The van der Waals surface area contributed by atoms with Gasteiger partial charge in [-0.15, -0.1) is 0 Å². The van der Waals surface area contributed by atoms with E-state index in [2.05, 4.69) is 5.32 Å². The van der Waals surface area contributed by atoms with E-state index in [4.69, 9.17) is 5.73 Å². The van der Waals surface area contributed by atoms with Gasteiger partial charge < -0.3 is 11.1 Å². The average Bonchev–Trinajstić information content (AvgIpc) is 2.00. The Labute approximate surface area is 68.3 Å². The highest BCUT2D eigenvalue weighted by Gasteiger charge is 2.24. The molecule has 3 heteroatoms. The Bertz CT molecular complexity index is 132. The number of nitrogens with two attached hydrogens (primary N) is 1. The molecule has 3 nitrogen and oxygen atoms in total. The van der Waals surface area contributed by atoms with Crippen molar-refractivity contribution < 1.29 is 4.79 Å². The SMILES string of the molecule is CCCNC(=O)C(C)(N)CC. The molecule has 1 atom stereocenters. The molecule has 0 saturated heterocycles. The highest BCUT2D eigenvalue weighted by Crippen LogP contribution is 2.03. The standard InChI is InChI=1S/C8H18N2O/c1-4-6-10-7(11)8(3,9)5-2/h4-6,9H2,1-3H3,(H,10,11). The number of hydrogen-bond acceptors (Lipinski definition) is 2. The highest BCUT2D eigenvalue weighted by atomic mass is 16.2. The molecule has 0 spiro atoms. The molecule has 0 rings (SSSR count). The third-order valence-electron chi connectivity index (χ3n) is 1.79. The zero-order valence-electron chi connectivity index (χ0n) is 7.61. The first kappa shape index (κ1) is 10.4. The van der Waals surface area contributed by atoms with Crippen molar-refractivity contribution in [3.8, 4) is 0 Å². The molecule has 0 heterocycles. The quantitative estimate of drug-likeness (QED) is 0.631. The number of carbonyl (C=O) groups is 1. The van der Waals surface area contributed by atoms with Crippen LogP contribution in [0.15, 0.2) is 0 Å². The van der Waals surface area contributed by atoms with Gasteiger partial charge in [0.15, 0.2) is 0 Å². The molecular formula is C8H18N2O.